The SMILES string of the molecule is COCCCN(C(=O)c1cc2ccccc2o1)c1c(N)n(CC(C)C)c(=O)[nH]c1=O. The van der Waals surface area contributed by atoms with Gasteiger partial charge in [0.25, 0.3) is 11.5 Å². The van der Waals surface area contributed by atoms with Gasteiger partial charge in [-0.1, -0.05) is 32.0 Å². The van der Waals surface area contributed by atoms with Crippen molar-refractivity contribution >= 4 is 28.4 Å². The van der Waals surface area contributed by atoms with Gasteiger partial charge in [-0.3, -0.25) is 24.0 Å². The summed E-state index contributed by atoms with van der Waals surface area (Å²) in [5, 5.41) is 0.768. The monoisotopic (exact) mass is 414 g/mol. The number of aromatic nitrogens is 2. The van der Waals surface area contributed by atoms with Gasteiger partial charge in [-0.15, -0.1) is 0 Å². The first-order chi connectivity index (χ1) is 14.3. The molecule has 3 aromatic rings. The van der Waals surface area contributed by atoms with Crippen LogP contribution in [-0.2, 0) is 11.3 Å². The van der Waals surface area contributed by atoms with Crippen LogP contribution < -0.4 is 21.9 Å². The summed E-state index contributed by atoms with van der Waals surface area (Å²) in [6.45, 7) is 4.70. The maximum absolute atomic E-state index is 13.3. The van der Waals surface area contributed by atoms with E-state index in [1.54, 1.807) is 25.3 Å². The van der Waals surface area contributed by atoms with Crippen LogP contribution in [0.1, 0.15) is 30.8 Å². The molecule has 1 amide bonds. The minimum atomic E-state index is -0.723. The summed E-state index contributed by atoms with van der Waals surface area (Å²) in [4.78, 5) is 41.8. The standard InChI is InChI=1S/C21H26N4O5/c1-13(2)12-25-18(22)17(19(26)23-21(25)28)24(9-6-10-29-3)20(27)16-11-14-7-4-5-8-15(14)30-16/h4-5,7-8,11,13H,6,9-10,12,22H2,1-3H3,(H,23,26,28). The van der Waals surface area contributed by atoms with Crippen LogP contribution >= 0.6 is 0 Å². The number of benzene rings is 1. The summed E-state index contributed by atoms with van der Waals surface area (Å²) < 4.78 is 12.1. The van der Waals surface area contributed by atoms with Gasteiger partial charge < -0.3 is 14.9 Å². The molecule has 0 aliphatic carbocycles. The number of H-pyrrole nitrogens is 1. The third-order valence-corrected chi connectivity index (χ3v) is 4.64. The quantitative estimate of drug-likeness (QED) is 0.545. The molecule has 3 N–H and O–H groups in total. The van der Waals surface area contributed by atoms with Crippen molar-refractivity contribution in [2.24, 2.45) is 5.92 Å². The number of furan rings is 1. The Balaban J connectivity index is 2.10. The number of ether oxygens (including phenoxy) is 1. The van der Waals surface area contributed by atoms with Crippen LogP contribution in [0.4, 0.5) is 11.5 Å². The molecule has 2 heterocycles. The average molecular weight is 414 g/mol. The number of anilines is 2. The second-order valence-electron chi connectivity index (χ2n) is 7.45. The third kappa shape index (κ3) is 4.30. The zero-order valence-electron chi connectivity index (χ0n) is 17.3. The molecule has 1 aromatic carbocycles. The molecule has 0 spiro atoms. The van der Waals surface area contributed by atoms with E-state index < -0.39 is 17.2 Å². The van der Waals surface area contributed by atoms with Gasteiger partial charge >= 0.3 is 5.69 Å². The molecule has 0 atom stereocenters. The Morgan fingerprint density at radius 1 is 1.30 bits per heavy atom. The summed E-state index contributed by atoms with van der Waals surface area (Å²) in [5.41, 5.74) is 5.37. The van der Waals surface area contributed by atoms with Crippen molar-refractivity contribution in [1.29, 1.82) is 0 Å². The van der Waals surface area contributed by atoms with Crippen LogP contribution in [0.15, 0.2) is 44.3 Å². The van der Waals surface area contributed by atoms with Gasteiger partial charge in [0.15, 0.2) is 11.4 Å². The van der Waals surface area contributed by atoms with E-state index in [9.17, 15) is 14.4 Å². The van der Waals surface area contributed by atoms with E-state index in [1.165, 1.54) is 9.47 Å². The van der Waals surface area contributed by atoms with E-state index in [-0.39, 0.29) is 29.7 Å². The van der Waals surface area contributed by atoms with E-state index in [2.05, 4.69) is 4.98 Å². The first-order valence-electron chi connectivity index (χ1n) is 9.75. The normalized spacial score (nSPS) is 11.3. The molecule has 0 unspecified atom stereocenters. The number of nitrogens with two attached hydrogens (primary N) is 1. The summed E-state index contributed by atoms with van der Waals surface area (Å²) in [6, 6.07) is 8.85. The number of carbonyl (C=O) groups excluding carboxylic acids is 1. The van der Waals surface area contributed by atoms with E-state index in [0.29, 0.717) is 25.2 Å². The van der Waals surface area contributed by atoms with Crippen molar-refractivity contribution in [3.63, 3.8) is 0 Å². The molecule has 3 rings (SSSR count). The minimum Gasteiger partial charge on any atom is -0.451 e. The van der Waals surface area contributed by atoms with Gasteiger partial charge in [-0.05, 0) is 24.5 Å². The van der Waals surface area contributed by atoms with E-state index in [4.69, 9.17) is 14.9 Å². The van der Waals surface area contributed by atoms with Crippen LogP contribution in [0.25, 0.3) is 11.0 Å². The van der Waals surface area contributed by atoms with Crippen molar-refractivity contribution in [1.82, 2.24) is 9.55 Å². The molecule has 0 radical (unpaired) electrons. The Labute approximate surface area is 173 Å². The fourth-order valence-corrected chi connectivity index (χ4v) is 3.29. The third-order valence-electron chi connectivity index (χ3n) is 4.64. The van der Waals surface area contributed by atoms with Gasteiger partial charge in [0, 0.05) is 32.2 Å². The Bertz CT molecular complexity index is 1130. The zero-order chi connectivity index (χ0) is 21.8. The maximum Gasteiger partial charge on any atom is 0.330 e. The molecule has 9 nitrogen and oxygen atoms in total. The molecule has 2 aromatic heterocycles. The molecule has 0 aliphatic heterocycles. The number of carbonyl (C=O) groups is 1. The lowest BCUT2D eigenvalue weighted by Gasteiger charge is -2.24. The lowest BCUT2D eigenvalue weighted by atomic mass is 10.2. The number of methoxy groups -OCH3 is 1. The number of nitrogens with zero attached hydrogens (tertiary/aromatic N) is 2. The summed E-state index contributed by atoms with van der Waals surface area (Å²) in [5.74, 6) is -0.389. The van der Waals surface area contributed by atoms with Crippen molar-refractivity contribution in [2.45, 2.75) is 26.8 Å². The number of hydrogen-bond donors (Lipinski definition) is 2. The Hall–Kier alpha value is -3.33. The van der Waals surface area contributed by atoms with Crippen LogP contribution in [-0.4, -0.2) is 35.7 Å². The second-order valence-corrected chi connectivity index (χ2v) is 7.45. The molecule has 0 saturated carbocycles. The van der Waals surface area contributed by atoms with Crippen molar-refractivity contribution in [3.8, 4) is 0 Å². The Morgan fingerprint density at radius 3 is 2.70 bits per heavy atom. The molecule has 9 heteroatoms. The van der Waals surface area contributed by atoms with Gasteiger partial charge in [0.1, 0.15) is 11.4 Å². The molecule has 30 heavy (non-hydrogen) atoms. The number of rotatable bonds is 8. The lowest BCUT2D eigenvalue weighted by molar-refractivity contribution is 0.0958. The van der Waals surface area contributed by atoms with Crippen molar-refractivity contribution in [2.75, 3.05) is 30.9 Å². The highest BCUT2D eigenvalue weighted by atomic mass is 16.5. The number of fused-ring (bicyclic) bond motifs is 1. The highest BCUT2D eigenvalue weighted by molar-refractivity contribution is 6.07. The highest BCUT2D eigenvalue weighted by Gasteiger charge is 2.27. The average Bonchev–Trinajstić information content (AvgIpc) is 3.13. The first-order valence-corrected chi connectivity index (χ1v) is 9.75. The van der Waals surface area contributed by atoms with Gasteiger partial charge in [0.2, 0.25) is 0 Å². The van der Waals surface area contributed by atoms with Crippen molar-refractivity contribution < 1.29 is 13.9 Å². The van der Waals surface area contributed by atoms with E-state index in [0.717, 1.165) is 5.39 Å². The van der Waals surface area contributed by atoms with Crippen LogP contribution in [0.3, 0.4) is 0 Å². The molecule has 0 fully saturated rings. The molecule has 0 bridgehead atoms. The molecule has 0 aliphatic rings. The molecule has 160 valence electrons. The van der Waals surface area contributed by atoms with Gasteiger partial charge in [-0.25, -0.2) is 4.79 Å². The molecule has 0 saturated heterocycles. The van der Waals surface area contributed by atoms with Gasteiger partial charge in [0.05, 0.1) is 0 Å². The minimum absolute atomic E-state index is 0.0562. The summed E-state index contributed by atoms with van der Waals surface area (Å²) >= 11 is 0. The number of nitrogen functional groups attached to an aromatic ring is 1. The lowest BCUT2D eigenvalue weighted by Crippen LogP contribution is -2.42. The smallest absolute Gasteiger partial charge is 0.330 e. The number of nitrogens with one attached hydrogen (secondary N) is 1. The van der Waals surface area contributed by atoms with E-state index >= 15 is 0 Å². The highest BCUT2D eigenvalue weighted by Crippen LogP contribution is 2.24. The largest absolute Gasteiger partial charge is 0.451 e. The summed E-state index contributed by atoms with van der Waals surface area (Å²) in [6.07, 6.45) is 0.463. The number of hydrogen-bond acceptors (Lipinski definition) is 6. The van der Waals surface area contributed by atoms with Crippen LogP contribution in [0, 0.1) is 5.92 Å². The molecular formula is C21H26N4O5. The van der Waals surface area contributed by atoms with E-state index in [1.807, 2.05) is 26.0 Å². The van der Waals surface area contributed by atoms with Crippen molar-refractivity contribution in [3.05, 3.63) is 56.9 Å². The second kappa shape index (κ2) is 9.00. The zero-order valence-corrected chi connectivity index (χ0v) is 17.3. The van der Waals surface area contributed by atoms with Crippen LogP contribution in [0.5, 0.6) is 0 Å². The topological polar surface area (TPSA) is 124 Å². The predicted octanol–water partition coefficient (Wildman–Crippen LogP) is 2.20. The fourth-order valence-electron chi connectivity index (χ4n) is 3.29. The van der Waals surface area contributed by atoms with Gasteiger partial charge in [-0.2, -0.15) is 0 Å². The number of aromatic amines is 1. The van der Waals surface area contributed by atoms with Crippen LogP contribution in [0.2, 0.25) is 0 Å². The Kier molecular flexibility index (Phi) is 6.41. The fraction of sp³-hybridized carbons (Fsp3) is 0.381. The molecular weight excluding hydrogens is 388 g/mol. The predicted molar refractivity (Wildman–Crippen MR) is 115 cm³/mol. The summed E-state index contributed by atoms with van der Waals surface area (Å²) in [7, 11) is 1.55. The maximum atomic E-state index is 13.3. The number of para-hydroxylation sites is 1. The first kappa shape index (κ1) is 21.4. The number of amides is 1. The Morgan fingerprint density at radius 2 is 2.03 bits per heavy atom.